The summed E-state index contributed by atoms with van der Waals surface area (Å²) in [6, 6.07) is 6.67. The number of fused-ring (bicyclic) bond motifs is 1. The van der Waals surface area contributed by atoms with Crippen LogP contribution in [0.1, 0.15) is 32.6 Å². The SMILES string of the molecule is COc1nc(NC2CCC(C)CC2)ncc1-c1ccc2c(cnn2C)c1. The first-order valence-corrected chi connectivity index (χ1v) is 9.23. The van der Waals surface area contributed by atoms with Crippen molar-refractivity contribution in [2.24, 2.45) is 13.0 Å². The van der Waals surface area contributed by atoms with Crippen molar-refractivity contribution in [1.82, 2.24) is 19.7 Å². The molecule has 0 aliphatic heterocycles. The van der Waals surface area contributed by atoms with E-state index in [0.717, 1.165) is 27.9 Å². The van der Waals surface area contributed by atoms with Crippen molar-refractivity contribution in [1.29, 1.82) is 0 Å². The monoisotopic (exact) mass is 351 g/mol. The van der Waals surface area contributed by atoms with E-state index in [0.29, 0.717) is 17.9 Å². The Hall–Kier alpha value is -2.63. The number of aryl methyl sites for hydroxylation is 1. The van der Waals surface area contributed by atoms with Crippen LogP contribution in [-0.2, 0) is 7.05 Å². The summed E-state index contributed by atoms with van der Waals surface area (Å²) in [5, 5.41) is 8.86. The molecule has 136 valence electrons. The van der Waals surface area contributed by atoms with Crippen molar-refractivity contribution in [3.05, 3.63) is 30.6 Å². The average molecular weight is 351 g/mol. The lowest BCUT2D eigenvalue weighted by Gasteiger charge is -2.27. The number of hydrogen-bond donors (Lipinski definition) is 1. The maximum absolute atomic E-state index is 5.55. The topological polar surface area (TPSA) is 64.9 Å². The van der Waals surface area contributed by atoms with E-state index in [4.69, 9.17) is 4.74 Å². The zero-order valence-electron chi connectivity index (χ0n) is 15.6. The van der Waals surface area contributed by atoms with Gasteiger partial charge < -0.3 is 10.1 Å². The molecule has 0 amide bonds. The molecule has 2 heterocycles. The summed E-state index contributed by atoms with van der Waals surface area (Å²) in [6.45, 7) is 2.32. The summed E-state index contributed by atoms with van der Waals surface area (Å²) >= 11 is 0. The number of nitrogens with zero attached hydrogens (tertiary/aromatic N) is 4. The molecule has 4 rings (SSSR count). The maximum Gasteiger partial charge on any atom is 0.226 e. The van der Waals surface area contributed by atoms with Gasteiger partial charge in [0.2, 0.25) is 11.8 Å². The van der Waals surface area contributed by atoms with Crippen LogP contribution < -0.4 is 10.1 Å². The molecule has 1 saturated carbocycles. The Kier molecular flexibility index (Phi) is 4.49. The van der Waals surface area contributed by atoms with Crippen molar-refractivity contribution >= 4 is 16.9 Å². The van der Waals surface area contributed by atoms with E-state index in [-0.39, 0.29) is 0 Å². The Labute approximate surface area is 153 Å². The number of hydrogen-bond acceptors (Lipinski definition) is 5. The molecule has 0 radical (unpaired) electrons. The van der Waals surface area contributed by atoms with Crippen molar-refractivity contribution in [3.8, 4) is 17.0 Å². The summed E-state index contributed by atoms with van der Waals surface area (Å²) in [6.07, 6.45) is 8.58. The first-order chi connectivity index (χ1) is 12.6. The van der Waals surface area contributed by atoms with Gasteiger partial charge in [-0.15, -0.1) is 0 Å². The molecular formula is C20H25N5O. The number of benzene rings is 1. The number of aromatic nitrogens is 4. The molecule has 6 nitrogen and oxygen atoms in total. The number of nitrogens with one attached hydrogen (secondary N) is 1. The largest absolute Gasteiger partial charge is 0.480 e. The second kappa shape index (κ2) is 6.94. The quantitative estimate of drug-likeness (QED) is 0.769. The minimum atomic E-state index is 0.452. The van der Waals surface area contributed by atoms with Crippen LogP contribution in [0.25, 0.3) is 22.0 Å². The van der Waals surface area contributed by atoms with Gasteiger partial charge in [0.15, 0.2) is 0 Å². The van der Waals surface area contributed by atoms with Crippen LogP contribution >= 0.6 is 0 Å². The lowest BCUT2D eigenvalue weighted by Crippen LogP contribution is -2.26. The third-order valence-corrected chi connectivity index (χ3v) is 5.35. The number of rotatable bonds is 4. The highest BCUT2D eigenvalue weighted by Gasteiger charge is 2.19. The van der Waals surface area contributed by atoms with E-state index < -0.39 is 0 Å². The molecule has 1 fully saturated rings. The van der Waals surface area contributed by atoms with Gasteiger partial charge in [0, 0.05) is 24.7 Å². The molecule has 3 aromatic rings. The Morgan fingerprint density at radius 2 is 1.96 bits per heavy atom. The van der Waals surface area contributed by atoms with Crippen molar-refractivity contribution in [2.75, 3.05) is 12.4 Å². The van der Waals surface area contributed by atoms with Crippen LogP contribution in [0.5, 0.6) is 5.88 Å². The Bertz CT molecular complexity index is 912. The van der Waals surface area contributed by atoms with Gasteiger partial charge >= 0.3 is 0 Å². The van der Waals surface area contributed by atoms with Gasteiger partial charge in [-0.1, -0.05) is 13.0 Å². The van der Waals surface area contributed by atoms with Gasteiger partial charge in [0.05, 0.1) is 24.4 Å². The summed E-state index contributed by atoms with van der Waals surface area (Å²) in [7, 11) is 3.60. The lowest BCUT2D eigenvalue weighted by molar-refractivity contribution is 0.359. The highest BCUT2D eigenvalue weighted by Crippen LogP contribution is 2.31. The van der Waals surface area contributed by atoms with Gasteiger partial charge in [-0.05, 0) is 49.3 Å². The van der Waals surface area contributed by atoms with Crippen LogP contribution in [0.2, 0.25) is 0 Å². The zero-order chi connectivity index (χ0) is 18.1. The van der Waals surface area contributed by atoms with E-state index in [1.807, 2.05) is 24.1 Å². The van der Waals surface area contributed by atoms with Crippen LogP contribution in [0, 0.1) is 5.92 Å². The van der Waals surface area contributed by atoms with E-state index >= 15 is 0 Å². The van der Waals surface area contributed by atoms with Gasteiger partial charge in [0.1, 0.15) is 0 Å². The third kappa shape index (κ3) is 3.23. The molecule has 1 aromatic carbocycles. The summed E-state index contributed by atoms with van der Waals surface area (Å²) in [4.78, 5) is 9.14. The van der Waals surface area contributed by atoms with Gasteiger partial charge in [-0.25, -0.2) is 4.98 Å². The third-order valence-electron chi connectivity index (χ3n) is 5.35. The normalized spacial score (nSPS) is 20.3. The molecule has 0 saturated heterocycles. The smallest absolute Gasteiger partial charge is 0.226 e. The van der Waals surface area contributed by atoms with Crippen molar-refractivity contribution < 1.29 is 4.74 Å². The fourth-order valence-corrected chi connectivity index (χ4v) is 3.71. The summed E-state index contributed by atoms with van der Waals surface area (Å²) in [5.41, 5.74) is 3.01. The van der Waals surface area contributed by atoms with Crippen LogP contribution in [0.4, 0.5) is 5.95 Å². The van der Waals surface area contributed by atoms with Crippen molar-refractivity contribution in [3.63, 3.8) is 0 Å². The van der Waals surface area contributed by atoms with Crippen LogP contribution in [0.15, 0.2) is 30.6 Å². The van der Waals surface area contributed by atoms with E-state index in [2.05, 4.69) is 45.5 Å². The standard InChI is InChI=1S/C20H25N5O/c1-13-4-7-16(8-5-13)23-20-21-12-17(19(24-20)26-3)14-6-9-18-15(10-14)11-22-25(18)2/h6,9-13,16H,4-5,7-8H2,1-3H3,(H,21,23,24). The van der Waals surface area contributed by atoms with Crippen LogP contribution in [0.3, 0.4) is 0 Å². The van der Waals surface area contributed by atoms with Gasteiger partial charge in [-0.3, -0.25) is 4.68 Å². The molecule has 1 aliphatic rings. The number of methoxy groups -OCH3 is 1. The van der Waals surface area contributed by atoms with E-state index in [1.54, 1.807) is 7.11 Å². The maximum atomic E-state index is 5.55. The fraction of sp³-hybridized carbons (Fsp3) is 0.450. The van der Waals surface area contributed by atoms with E-state index in [9.17, 15) is 0 Å². The molecule has 0 bridgehead atoms. The predicted molar refractivity (Wildman–Crippen MR) is 103 cm³/mol. The average Bonchev–Trinajstić information content (AvgIpc) is 3.04. The molecule has 0 unspecified atom stereocenters. The molecule has 1 N–H and O–H groups in total. The molecular weight excluding hydrogens is 326 g/mol. The molecule has 26 heavy (non-hydrogen) atoms. The zero-order valence-corrected chi connectivity index (χ0v) is 15.6. The van der Waals surface area contributed by atoms with E-state index in [1.165, 1.54) is 25.7 Å². The molecule has 0 spiro atoms. The molecule has 0 atom stereocenters. The predicted octanol–water partition coefficient (Wildman–Crippen LogP) is 4.03. The second-order valence-corrected chi connectivity index (χ2v) is 7.26. The molecule has 2 aromatic heterocycles. The molecule has 1 aliphatic carbocycles. The second-order valence-electron chi connectivity index (χ2n) is 7.26. The first-order valence-electron chi connectivity index (χ1n) is 9.23. The van der Waals surface area contributed by atoms with Gasteiger partial charge in [-0.2, -0.15) is 10.1 Å². The Morgan fingerprint density at radius 1 is 1.15 bits per heavy atom. The summed E-state index contributed by atoms with van der Waals surface area (Å²) < 4.78 is 7.42. The Balaban J connectivity index is 1.60. The summed E-state index contributed by atoms with van der Waals surface area (Å²) in [5.74, 6) is 2.07. The fourth-order valence-electron chi connectivity index (χ4n) is 3.71. The minimum Gasteiger partial charge on any atom is -0.480 e. The first kappa shape index (κ1) is 16.8. The number of anilines is 1. The Morgan fingerprint density at radius 3 is 2.73 bits per heavy atom. The minimum absolute atomic E-state index is 0.452. The highest BCUT2D eigenvalue weighted by atomic mass is 16.5. The lowest BCUT2D eigenvalue weighted by atomic mass is 9.87. The van der Waals surface area contributed by atoms with Crippen LogP contribution in [-0.4, -0.2) is 32.9 Å². The van der Waals surface area contributed by atoms with Crippen molar-refractivity contribution in [2.45, 2.75) is 38.6 Å². The number of ether oxygens (including phenoxy) is 1. The highest BCUT2D eigenvalue weighted by molar-refractivity contribution is 5.85. The van der Waals surface area contributed by atoms with Gasteiger partial charge in [0.25, 0.3) is 0 Å². The molecule has 6 heteroatoms.